The number of piperidine rings is 1. The molecule has 1 aliphatic heterocycles. The monoisotopic (exact) mass is 328 g/mol. The zero-order valence-corrected chi connectivity index (χ0v) is 13.7. The zero-order chi connectivity index (χ0) is 15.9. The number of carbonyl (C=O) groups excluding carboxylic acids is 1. The number of nitrogens with zero attached hydrogens (tertiary/aromatic N) is 3. The summed E-state index contributed by atoms with van der Waals surface area (Å²) in [6, 6.07) is 2.00. The van der Waals surface area contributed by atoms with Gasteiger partial charge in [0.2, 0.25) is 5.91 Å². The first-order valence-electron chi connectivity index (χ1n) is 7.80. The predicted octanol–water partition coefficient (Wildman–Crippen LogP) is 2.58. The van der Waals surface area contributed by atoms with E-state index >= 15 is 0 Å². The summed E-state index contributed by atoms with van der Waals surface area (Å²) in [5, 5.41) is 7.02. The molecule has 0 radical (unpaired) electrons. The highest BCUT2D eigenvalue weighted by Gasteiger charge is 2.20. The van der Waals surface area contributed by atoms with Crippen molar-refractivity contribution in [1.29, 1.82) is 0 Å². The largest absolute Gasteiger partial charge is 0.355 e. The molecule has 0 bridgehead atoms. The third-order valence-corrected chi connectivity index (χ3v) is 4.72. The van der Waals surface area contributed by atoms with Gasteiger partial charge < -0.3 is 10.2 Å². The van der Waals surface area contributed by atoms with Crippen LogP contribution in [-0.2, 0) is 4.79 Å². The minimum Gasteiger partial charge on any atom is -0.355 e. The number of rotatable bonds is 5. The van der Waals surface area contributed by atoms with Crippen LogP contribution in [0.2, 0.25) is 0 Å². The lowest BCUT2D eigenvalue weighted by atomic mass is 9.97. The third kappa shape index (κ3) is 4.63. The standard InChI is InChI=1S/C17H20N4OS/c22-17(2-1-15-5-10-23-13-15)20-11-14-3-8-21(9-4-14)16-12-18-6-7-19-16/h1-2,5-7,10,12-14H,3-4,8-9,11H2,(H,20,22). The van der Waals surface area contributed by atoms with E-state index in [1.807, 2.05) is 22.9 Å². The summed E-state index contributed by atoms with van der Waals surface area (Å²) in [5.74, 6) is 1.45. The first-order chi connectivity index (χ1) is 11.3. The number of nitrogens with one attached hydrogen (secondary N) is 1. The molecule has 1 fully saturated rings. The third-order valence-electron chi connectivity index (χ3n) is 4.02. The molecule has 3 heterocycles. The Hall–Kier alpha value is -2.21. The summed E-state index contributed by atoms with van der Waals surface area (Å²) < 4.78 is 0. The Morgan fingerprint density at radius 3 is 2.96 bits per heavy atom. The van der Waals surface area contributed by atoms with Gasteiger partial charge in [-0.1, -0.05) is 0 Å². The van der Waals surface area contributed by atoms with E-state index in [1.165, 1.54) is 0 Å². The molecule has 1 saturated heterocycles. The van der Waals surface area contributed by atoms with Crippen LogP contribution >= 0.6 is 11.3 Å². The van der Waals surface area contributed by atoms with Crippen LogP contribution in [0, 0.1) is 5.92 Å². The Balaban J connectivity index is 1.40. The van der Waals surface area contributed by atoms with Crippen molar-refractivity contribution in [3.8, 4) is 0 Å². The molecule has 1 amide bonds. The van der Waals surface area contributed by atoms with Gasteiger partial charge in [0.05, 0.1) is 6.20 Å². The maximum atomic E-state index is 11.8. The number of hydrogen-bond acceptors (Lipinski definition) is 5. The van der Waals surface area contributed by atoms with Crippen LogP contribution in [0.3, 0.4) is 0 Å². The number of hydrogen-bond donors (Lipinski definition) is 1. The van der Waals surface area contributed by atoms with Gasteiger partial charge in [-0.2, -0.15) is 11.3 Å². The van der Waals surface area contributed by atoms with Gasteiger partial charge in [-0.25, -0.2) is 4.98 Å². The van der Waals surface area contributed by atoms with E-state index in [0.717, 1.165) is 43.9 Å². The van der Waals surface area contributed by atoms with Crippen molar-refractivity contribution in [1.82, 2.24) is 15.3 Å². The summed E-state index contributed by atoms with van der Waals surface area (Å²) >= 11 is 1.63. The number of amides is 1. The Labute approximate surface area is 140 Å². The molecule has 0 aromatic carbocycles. The van der Waals surface area contributed by atoms with Crippen LogP contribution in [-0.4, -0.2) is 35.5 Å². The van der Waals surface area contributed by atoms with E-state index in [9.17, 15) is 4.79 Å². The molecule has 0 saturated carbocycles. The van der Waals surface area contributed by atoms with E-state index in [4.69, 9.17) is 0 Å². The van der Waals surface area contributed by atoms with Crippen molar-refractivity contribution in [2.45, 2.75) is 12.8 Å². The van der Waals surface area contributed by atoms with E-state index in [0.29, 0.717) is 5.92 Å². The Bertz CT molecular complexity index is 634. The molecule has 2 aromatic heterocycles. The van der Waals surface area contributed by atoms with Crippen molar-refractivity contribution < 1.29 is 4.79 Å². The Morgan fingerprint density at radius 1 is 1.39 bits per heavy atom. The van der Waals surface area contributed by atoms with Crippen LogP contribution < -0.4 is 10.2 Å². The Morgan fingerprint density at radius 2 is 2.26 bits per heavy atom. The molecule has 5 nitrogen and oxygen atoms in total. The molecule has 1 N–H and O–H groups in total. The second-order valence-corrected chi connectivity index (χ2v) is 6.41. The van der Waals surface area contributed by atoms with Gasteiger partial charge in [0.1, 0.15) is 5.82 Å². The summed E-state index contributed by atoms with van der Waals surface area (Å²) in [6.45, 7) is 2.66. The molecule has 1 aliphatic rings. The second kappa shape index (κ2) is 7.87. The van der Waals surface area contributed by atoms with Crippen LogP contribution in [0.5, 0.6) is 0 Å². The van der Waals surface area contributed by atoms with Gasteiger partial charge in [0.25, 0.3) is 0 Å². The normalized spacial score (nSPS) is 15.9. The molecule has 120 valence electrons. The van der Waals surface area contributed by atoms with Crippen molar-refractivity contribution in [3.63, 3.8) is 0 Å². The minimum atomic E-state index is -0.0208. The smallest absolute Gasteiger partial charge is 0.244 e. The second-order valence-electron chi connectivity index (χ2n) is 5.63. The van der Waals surface area contributed by atoms with Gasteiger partial charge in [0, 0.05) is 38.1 Å². The van der Waals surface area contributed by atoms with E-state index < -0.39 is 0 Å². The minimum absolute atomic E-state index is 0.0208. The number of anilines is 1. The van der Waals surface area contributed by atoms with Gasteiger partial charge in [-0.15, -0.1) is 0 Å². The van der Waals surface area contributed by atoms with Crippen molar-refractivity contribution in [3.05, 3.63) is 47.1 Å². The zero-order valence-electron chi connectivity index (χ0n) is 12.9. The summed E-state index contributed by atoms with van der Waals surface area (Å²) in [4.78, 5) is 22.5. The van der Waals surface area contributed by atoms with Crippen molar-refractivity contribution >= 4 is 29.1 Å². The van der Waals surface area contributed by atoms with E-state index in [-0.39, 0.29) is 5.91 Å². The predicted molar refractivity (Wildman–Crippen MR) is 93.3 cm³/mol. The lowest BCUT2D eigenvalue weighted by molar-refractivity contribution is -0.116. The summed E-state index contributed by atoms with van der Waals surface area (Å²) in [7, 11) is 0. The first-order valence-corrected chi connectivity index (χ1v) is 8.74. The van der Waals surface area contributed by atoms with Gasteiger partial charge in [-0.3, -0.25) is 9.78 Å². The van der Waals surface area contributed by atoms with Gasteiger partial charge in [0.15, 0.2) is 0 Å². The van der Waals surface area contributed by atoms with Crippen LogP contribution in [0.25, 0.3) is 6.08 Å². The highest BCUT2D eigenvalue weighted by molar-refractivity contribution is 7.08. The van der Waals surface area contributed by atoms with E-state index in [1.54, 1.807) is 36.0 Å². The topological polar surface area (TPSA) is 58.1 Å². The van der Waals surface area contributed by atoms with Crippen molar-refractivity contribution in [2.75, 3.05) is 24.5 Å². The molecular formula is C17H20N4OS. The average molecular weight is 328 g/mol. The van der Waals surface area contributed by atoms with Crippen LogP contribution in [0.1, 0.15) is 18.4 Å². The summed E-state index contributed by atoms with van der Waals surface area (Å²) in [6.07, 6.45) is 10.8. The molecular weight excluding hydrogens is 308 g/mol. The van der Waals surface area contributed by atoms with E-state index in [2.05, 4.69) is 20.2 Å². The fourth-order valence-electron chi connectivity index (χ4n) is 2.67. The highest BCUT2D eigenvalue weighted by Crippen LogP contribution is 2.20. The van der Waals surface area contributed by atoms with Gasteiger partial charge >= 0.3 is 0 Å². The lowest BCUT2D eigenvalue weighted by Crippen LogP contribution is -2.38. The van der Waals surface area contributed by atoms with Gasteiger partial charge in [-0.05, 0) is 47.2 Å². The van der Waals surface area contributed by atoms with Crippen LogP contribution in [0.4, 0.5) is 5.82 Å². The quantitative estimate of drug-likeness (QED) is 0.857. The Kier molecular flexibility index (Phi) is 5.37. The first kappa shape index (κ1) is 15.7. The maximum absolute atomic E-state index is 11.8. The maximum Gasteiger partial charge on any atom is 0.244 e. The highest BCUT2D eigenvalue weighted by atomic mass is 32.1. The molecule has 23 heavy (non-hydrogen) atoms. The molecule has 0 unspecified atom stereocenters. The SMILES string of the molecule is O=C(C=Cc1ccsc1)NCC1CCN(c2cnccn2)CC1. The lowest BCUT2D eigenvalue weighted by Gasteiger charge is -2.32. The fourth-order valence-corrected chi connectivity index (χ4v) is 3.29. The summed E-state index contributed by atoms with van der Waals surface area (Å²) in [5.41, 5.74) is 1.07. The molecule has 6 heteroatoms. The number of thiophene rings is 1. The fraction of sp³-hybridized carbons (Fsp3) is 0.353. The van der Waals surface area contributed by atoms with Crippen LogP contribution in [0.15, 0.2) is 41.5 Å². The molecule has 2 aromatic rings. The molecule has 0 atom stereocenters. The van der Waals surface area contributed by atoms with Crippen molar-refractivity contribution in [2.24, 2.45) is 5.92 Å². The molecule has 0 aliphatic carbocycles. The molecule has 0 spiro atoms. The number of aromatic nitrogens is 2. The number of carbonyl (C=O) groups is 1. The molecule has 3 rings (SSSR count). The average Bonchev–Trinajstić information content (AvgIpc) is 3.13.